The van der Waals surface area contributed by atoms with Crippen molar-refractivity contribution in [2.45, 2.75) is 83.6 Å². The number of nitrogens with two attached hydrogens (primary N) is 2. The summed E-state index contributed by atoms with van der Waals surface area (Å²) >= 11 is 0. The van der Waals surface area contributed by atoms with Crippen LogP contribution < -0.4 is 11.5 Å². The maximum Gasteiger partial charge on any atom is 0.416 e. The minimum absolute atomic E-state index is 0. The van der Waals surface area contributed by atoms with Gasteiger partial charge in [0.05, 0.1) is 5.56 Å². The Morgan fingerprint density at radius 1 is 0.933 bits per heavy atom. The van der Waals surface area contributed by atoms with Gasteiger partial charge in [-0.3, -0.25) is 0 Å². The average molecular weight is 448 g/mol. The number of alkyl halides is 3. The highest BCUT2D eigenvalue weighted by molar-refractivity contribution is 5.95. The first-order valence-electron chi connectivity index (χ1n) is 10.4. The summed E-state index contributed by atoms with van der Waals surface area (Å²) in [4.78, 5) is 10.2. The van der Waals surface area contributed by atoms with Crippen LogP contribution in [0.5, 0.6) is 0 Å². The molecule has 30 heavy (non-hydrogen) atoms. The highest BCUT2D eigenvalue weighted by Gasteiger charge is 2.30. The first-order valence-corrected chi connectivity index (χ1v) is 10.4. The molecule has 0 amide bonds. The second-order valence-electron chi connectivity index (χ2n) is 7.52. The molecule has 0 saturated heterocycles. The molecule has 0 fully saturated rings. The van der Waals surface area contributed by atoms with Crippen molar-refractivity contribution in [1.29, 1.82) is 0 Å². The lowest BCUT2D eigenvalue weighted by atomic mass is 10.1. The second kappa shape index (κ2) is 12.7. The van der Waals surface area contributed by atoms with E-state index >= 15 is 0 Å². The van der Waals surface area contributed by atoms with Gasteiger partial charge in [-0.1, -0.05) is 64.0 Å². The van der Waals surface area contributed by atoms with Gasteiger partial charge in [-0.05, 0) is 30.5 Å². The van der Waals surface area contributed by atoms with E-state index in [0.29, 0.717) is 12.1 Å². The standard InChI is InChI=1S/C21H32F3N5.ClH/c1-2-3-4-5-6-7-8-9-10-18-27-19(25)28-20(26)29(18)15-16-11-13-17(14-12-16)21(22,23)24;/h11-14,18H,2-10,15H2,1H3,(H4,25,26,27,28);1H. The lowest BCUT2D eigenvalue weighted by molar-refractivity contribution is -0.137. The molecule has 0 saturated carbocycles. The van der Waals surface area contributed by atoms with Crippen molar-refractivity contribution in [1.82, 2.24) is 4.90 Å². The Hall–Kier alpha value is -1.96. The van der Waals surface area contributed by atoms with Crippen molar-refractivity contribution < 1.29 is 13.2 Å². The zero-order valence-electron chi connectivity index (χ0n) is 17.5. The van der Waals surface area contributed by atoms with Crippen LogP contribution in [0.1, 0.15) is 75.8 Å². The van der Waals surface area contributed by atoms with Gasteiger partial charge in [-0.25, -0.2) is 4.99 Å². The van der Waals surface area contributed by atoms with Gasteiger partial charge in [-0.15, -0.1) is 12.4 Å². The highest BCUT2D eigenvalue weighted by Crippen LogP contribution is 2.29. The number of unbranched alkanes of at least 4 members (excludes halogenated alkanes) is 7. The molecular weight excluding hydrogens is 415 g/mol. The van der Waals surface area contributed by atoms with Crippen LogP contribution in [0.2, 0.25) is 0 Å². The molecule has 1 aromatic carbocycles. The van der Waals surface area contributed by atoms with E-state index in [4.69, 9.17) is 11.5 Å². The summed E-state index contributed by atoms with van der Waals surface area (Å²) < 4.78 is 38.3. The van der Waals surface area contributed by atoms with E-state index in [1.807, 2.05) is 0 Å². The fraction of sp³-hybridized carbons (Fsp3) is 0.619. The average Bonchev–Trinajstić information content (AvgIpc) is 2.66. The Bertz CT molecular complexity index is 689. The minimum atomic E-state index is -4.35. The number of guanidine groups is 2. The number of halogens is 4. The van der Waals surface area contributed by atoms with Crippen LogP contribution in [-0.4, -0.2) is 23.0 Å². The van der Waals surface area contributed by atoms with E-state index in [0.717, 1.165) is 31.4 Å². The number of hydrogen-bond donors (Lipinski definition) is 2. The Balaban J connectivity index is 0.00000450. The first kappa shape index (κ1) is 26.1. The molecule has 1 atom stereocenters. The Morgan fingerprint density at radius 2 is 1.50 bits per heavy atom. The summed E-state index contributed by atoms with van der Waals surface area (Å²) in [7, 11) is 0. The summed E-state index contributed by atoms with van der Waals surface area (Å²) in [6.07, 6.45) is 5.87. The van der Waals surface area contributed by atoms with Crippen molar-refractivity contribution in [3.8, 4) is 0 Å². The van der Waals surface area contributed by atoms with Crippen LogP contribution >= 0.6 is 12.4 Å². The van der Waals surface area contributed by atoms with Gasteiger partial charge in [0.25, 0.3) is 0 Å². The van der Waals surface area contributed by atoms with Crippen molar-refractivity contribution >= 4 is 24.3 Å². The fourth-order valence-corrected chi connectivity index (χ4v) is 3.45. The quantitative estimate of drug-likeness (QED) is 0.444. The fourth-order valence-electron chi connectivity index (χ4n) is 3.45. The van der Waals surface area contributed by atoms with Crippen LogP contribution in [0.25, 0.3) is 0 Å². The number of nitrogens with zero attached hydrogens (tertiary/aromatic N) is 3. The van der Waals surface area contributed by atoms with Crippen molar-refractivity contribution in [2.75, 3.05) is 0 Å². The molecular formula is C21H33ClF3N5. The lowest BCUT2D eigenvalue weighted by Crippen LogP contribution is -2.47. The maximum absolute atomic E-state index is 12.8. The molecule has 170 valence electrons. The molecule has 1 aliphatic rings. The van der Waals surface area contributed by atoms with Crippen molar-refractivity contribution in [3.05, 3.63) is 35.4 Å². The van der Waals surface area contributed by atoms with E-state index < -0.39 is 11.7 Å². The smallest absolute Gasteiger partial charge is 0.369 e. The van der Waals surface area contributed by atoms with Crippen molar-refractivity contribution in [2.24, 2.45) is 21.5 Å². The predicted octanol–water partition coefficient (Wildman–Crippen LogP) is 5.43. The monoisotopic (exact) mass is 447 g/mol. The van der Waals surface area contributed by atoms with Crippen LogP contribution in [0.15, 0.2) is 34.3 Å². The molecule has 4 N–H and O–H groups in total. The van der Waals surface area contributed by atoms with Crippen LogP contribution in [0.4, 0.5) is 13.2 Å². The molecule has 0 aromatic heterocycles. The molecule has 1 aromatic rings. The van der Waals surface area contributed by atoms with E-state index in [-0.39, 0.29) is 30.5 Å². The van der Waals surface area contributed by atoms with Gasteiger partial charge in [0.2, 0.25) is 11.9 Å². The van der Waals surface area contributed by atoms with Gasteiger partial charge >= 0.3 is 6.18 Å². The summed E-state index contributed by atoms with van der Waals surface area (Å²) in [5.74, 6) is 0.401. The molecule has 1 aliphatic heterocycles. The van der Waals surface area contributed by atoms with E-state index in [1.54, 1.807) is 4.90 Å². The Kier molecular flexibility index (Phi) is 11.0. The van der Waals surface area contributed by atoms with E-state index in [9.17, 15) is 13.2 Å². The number of aliphatic imine (C=N–C) groups is 2. The number of rotatable bonds is 11. The first-order chi connectivity index (χ1) is 13.8. The normalized spacial score (nSPS) is 16.7. The SMILES string of the molecule is CCCCCCCCCCC1N=C(N)N=C(N)N1Cc1ccc(C(F)(F)F)cc1.Cl. The molecule has 1 unspecified atom stereocenters. The third-order valence-corrected chi connectivity index (χ3v) is 5.11. The molecule has 0 radical (unpaired) electrons. The van der Waals surface area contributed by atoms with Gasteiger partial charge in [0.15, 0.2) is 0 Å². The zero-order valence-corrected chi connectivity index (χ0v) is 18.3. The van der Waals surface area contributed by atoms with Crippen LogP contribution in [-0.2, 0) is 12.7 Å². The van der Waals surface area contributed by atoms with Crippen molar-refractivity contribution in [3.63, 3.8) is 0 Å². The molecule has 2 rings (SSSR count). The minimum Gasteiger partial charge on any atom is -0.369 e. The summed E-state index contributed by atoms with van der Waals surface area (Å²) in [6, 6.07) is 5.09. The Morgan fingerprint density at radius 3 is 2.07 bits per heavy atom. The van der Waals surface area contributed by atoms with Gasteiger partial charge in [0, 0.05) is 6.54 Å². The van der Waals surface area contributed by atoms with Gasteiger partial charge in [-0.2, -0.15) is 18.2 Å². The molecule has 1 heterocycles. The van der Waals surface area contributed by atoms with Gasteiger partial charge in [0.1, 0.15) is 6.17 Å². The molecule has 0 spiro atoms. The number of benzene rings is 1. The van der Waals surface area contributed by atoms with Gasteiger partial charge < -0.3 is 16.4 Å². The summed E-state index contributed by atoms with van der Waals surface area (Å²) in [5, 5.41) is 0. The molecule has 5 nitrogen and oxygen atoms in total. The highest BCUT2D eigenvalue weighted by atomic mass is 35.5. The summed E-state index contributed by atoms with van der Waals surface area (Å²) in [5.41, 5.74) is 11.9. The van der Waals surface area contributed by atoms with E-state index in [1.165, 1.54) is 50.7 Å². The van der Waals surface area contributed by atoms with Crippen LogP contribution in [0.3, 0.4) is 0 Å². The molecule has 0 aliphatic carbocycles. The topological polar surface area (TPSA) is 80.0 Å². The van der Waals surface area contributed by atoms with Crippen LogP contribution in [0, 0.1) is 0 Å². The lowest BCUT2D eigenvalue weighted by Gasteiger charge is -2.32. The Labute approximate surface area is 183 Å². The molecule has 9 heteroatoms. The molecule has 0 bridgehead atoms. The van der Waals surface area contributed by atoms with E-state index in [2.05, 4.69) is 16.9 Å². The maximum atomic E-state index is 12.8. The predicted molar refractivity (Wildman–Crippen MR) is 118 cm³/mol. The third kappa shape index (κ3) is 8.42. The largest absolute Gasteiger partial charge is 0.416 e. The number of hydrogen-bond acceptors (Lipinski definition) is 5. The third-order valence-electron chi connectivity index (χ3n) is 5.11. The summed E-state index contributed by atoms with van der Waals surface area (Å²) in [6.45, 7) is 2.55. The second-order valence-corrected chi connectivity index (χ2v) is 7.52. The zero-order chi connectivity index (χ0) is 21.3.